The van der Waals surface area contributed by atoms with E-state index in [-0.39, 0.29) is 11.6 Å². The van der Waals surface area contributed by atoms with Crippen LogP contribution in [-0.2, 0) is 11.2 Å². The Bertz CT molecular complexity index is 1060. The number of nitrogens with zero attached hydrogens (tertiary/aromatic N) is 2. The van der Waals surface area contributed by atoms with E-state index in [4.69, 9.17) is 4.74 Å². The smallest absolute Gasteiger partial charge is 0.167 e. The average Bonchev–Trinajstić information content (AvgIpc) is 3.41. The van der Waals surface area contributed by atoms with Crippen LogP contribution in [-0.4, -0.2) is 40.9 Å². The first-order chi connectivity index (χ1) is 15.2. The maximum atomic E-state index is 13.1. The maximum Gasteiger partial charge on any atom is 0.167 e. The van der Waals surface area contributed by atoms with Gasteiger partial charge in [0.25, 0.3) is 0 Å². The third kappa shape index (κ3) is 4.75. The van der Waals surface area contributed by atoms with Gasteiger partial charge in [0.15, 0.2) is 5.78 Å². The summed E-state index contributed by atoms with van der Waals surface area (Å²) < 4.78 is 20.2. The molecule has 2 fully saturated rings. The number of hydrogen-bond donors (Lipinski definition) is 1. The minimum absolute atomic E-state index is 0.0788. The third-order valence-corrected chi connectivity index (χ3v) is 6.19. The molecule has 0 amide bonds. The van der Waals surface area contributed by atoms with Gasteiger partial charge in [-0.05, 0) is 60.7 Å². The van der Waals surface area contributed by atoms with Crippen LogP contribution in [0.4, 0.5) is 4.39 Å². The summed E-state index contributed by atoms with van der Waals surface area (Å²) in [6.45, 7) is 1.69. The first-order valence-electron chi connectivity index (χ1n) is 10.9. The predicted molar refractivity (Wildman–Crippen MR) is 116 cm³/mol. The molecule has 1 N–H and O–H groups in total. The van der Waals surface area contributed by atoms with E-state index in [2.05, 4.69) is 16.5 Å². The third-order valence-electron chi connectivity index (χ3n) is 6.19. The van der Waals surface area contributed by atoms with Gasteiger partial charge in [-0.15, -0.1) is 0 Å². The minimum atomic E-state index is -0.285. The van der Waals surface area contributed by atoms with Crippen LogP contribution in [0.3, 0.4) is 0 Å². The number of rotatable bonds is 7. The Labute approximate surface area is 181 Å². The topological polar surface area (TPSA) is 56.2 Å². The molecular weight excluding hydrogens is 393 g/mol. The second kappa shape index (κ2) is 8.73. The quantitative estimate of drug-likeness (QED) is 0.587. The van der Waals surface area contributed by atoms with E-state index in [1.54, 1.807) is 23.0 Å². The summed E-state index contributed by atoms with van der Waals surface area (Å²) in [4.78, 5) is 12.9. The summed E-state index contributed by atoms with van der Waals surface area (Å²) in [6.07, 6.45) is 7.09. The highest BCUT2D eigenvalue weighted by Gasteiger charge is 2.39. The molecule has 0 bridgehead atoms. The zero-order chi connectivity index (χ0) is 21.2. The molecule has 1 aliphatic heterocycles. The van der Waals surface area contributed by atoms with E-state index in [0.717, 1.165) is 49.3 Å². The number of hydrogen-bond acceptors (Lipinski definition) is 4. The fourth-order valence-electron chi connectivity index (χ4n) is 4.33. The van der Waals surface area contributed by atoms with Gasteiger partial charge >= 0.3 is 0 Å². The molecule has 3 aromatic rings. The summed E-state index contributed by atoms with van der Waals surface area (Å²) >= 11 is 0. The normalized spacial score (nSPS) is 21.2. The molecule has 0 radical (unpaired) electrons. The summed E-state index contributed by atoms with van der Waals surface area (Å²) in [5.74, 6) is 0.277. The number of carbonyl (C=O) groups is 1. The Morgan fingerprint density at radius 2 is 1.97 bits per heavy atom. The monoisotopic (exact) mass is 419 g/mol. The Balaban J connectivity index is 1.21. The number of benzene rings is 2. The SMILES string of the molecule is O=C(Cc1cnn(-c2ccc(F)cc2)c1)c1cccc(C2CC2NC2CCOCC2)c1. The molecule has 2 unspecified atom stereocenters. The van der Waals surface area contributed by atoms with Crippen LogP contribution in [0, 0.1) is 5.82 Å². The lowest BCUT2D eigenvalue weighted by Crippen LogP contribution is -2.36. The summed E-state index contributed by atoms with van der Waals surface area (Å²) in [6, 6.07) is 15.2. The average molecular weight is 420 g/mol. The zero-order valence-electron chi connectivity index (χ0n) is 17.3. The maximum absolute atomic E-state index is 13.1. The lowest BCUT2D eigenvalue weighted by molar-refractivity contribution is 0.0774. The van der Waals surface area contributed by atoms with Gasteiger partial charge in [0.05, 0.1) is 11.9 Å². The highest BCUT2D eigenvalue weighted by Crippen LogP contribution is 2.41. The molecule has 2 atom stereocenters. The van der Waals surface area contributed by atoms with E-state index >= 15 is 0 Å². The van der Waals surface area contributed by atoms with Gasteiger partial charge in [0.2, 0.25) is 0 Å². The number of Topliss-reactive ketones (excluding diaryl/α,β-unsaturated/α-hetero) is 1. The van der Waals surface area contributed by atoms with Crippen LogP contribution in [0.1, 0.15) is 46.7 Å². The molecule has 6 heteroatoms. The number of halogens is 1. The molecule has 1 saturated heterocycles. The van der Waals surface area contributed by atoms with Gasteiger partial charge in [0, 0.05) is 49.4 Å². The number of carbonyl (C=O) groups excluding carboxylic acids is 1. The Kier molecular flexibility index (Phi) is 5.66. The summed E-state index contributed by atoms with van der Waals surface area (Å²) in [5.41, 5.74) is 3.57. The lowest BCUT2D eigenvalue weighted by atomic mass is 10.0. The van der Waals surface area contributed by atoms with Crippen LogP contribution in [0.15, 0.2) is 60.9 Å². The van der Waals surface area contributed by atoms with Crippen molar-refractivity contribution in [2.75, 3.05) is 13.2 Å². The molecule has 160 valence electrons. The molecule has 5 rings (SSSR count). The molecule has 1 aromatic heterocycles. The van der Waals surface area contributed by atoms with E-state index in [0.29, 0.717) is 24.4 Å². The molecule has 31 heavy (non-hydrogen) atoms. The molecule has 1 aliphatic carbocycles. The number of aromatic nitrogens is 2. The van der Waals surface area contributed by atoms with E-state index < -0.39 is 0 Å². The Morgan fingerprint density at radius 3 is 2.77 bits per heavy atom. The number of nitrogens with one attached hydrogen (secondary N) is 1. The molecule has 2 heterocycles. The van der Waals surface area contributed by atoms with Gasteiger partial charge in [-0.2, -0.15) is 5.10 Å². The zero-order valence-corrected chi connectivity index (χ0v) is 17.3. The van der Waals surface area contributed by atoms with Crippen molar-refractivity contribution in [2.24, 2.45) is 0 Å². The second-order valence-corrected chi connectivity index (χ2v) is 8.50. The molecule has 1 saturated carbocycles. The van der Waals surface area contributed by atoms with Crippen molar-refractivity contribution in [3.05, 3.63) is 83.4 Å². The van der Waals surface area contributed by atoms with E-state index in [9.17, 15) is 9.18 Å². The molecular formula is C25H26FN3O2. The highest BCUT2D eigenvalue weighted by atomic mass is 19.1. The van der Waals surface area contributed by atoms with Gasteiger partial charge in [-0.25, -0.2) is 9.07 Å². The van der Waals surface area contributed by atoms with E-state index in [1.165, 1.54) is 17.7 Å². The van der Waals surface area contributed by atoms with Crippen molar-refractivity contribution in [3.63, 3.8) is 0 Å². The largest absolute Gasteiger partial charge is 0.381 e. The lowest BCUT2D eigenvalue weighted by Gasteiger charge is -2.23. The van der Waals surface area contributed by atoms with Crippen LogP contribution in [0.25, 0.3) is 5.69 Å². The minimum Gasteiger partial charge on any atom is -0.381 e. The van der Waals surface area contributed by atoms with E-state index in [1.807, 2.05) is 24.4 Å². The van der Waals surface area contributed by atoms with Gasteiger partial charge in [-0.1, -0.05) is 18.2 Å². The first-order valence-corrected chi connectivity index (χ1v) is 10.9. The standard InChI is InChI=1S/C25H26FN3O2/c26-20-4-6-22(7-5-20)29-16-17(15-27-29)12-25(30)19-3-1-2-18(13-19)23-14-24(23)28-21-8-10-31-11-9-21/h1-7,13,15-16,21,23-24,28H,8-12,14H2. The second-order valence-electron chi connectivity index (χ2n) is 8.50. The fraction of sp³-hybridized carbons (Fsp3) is 0.360. The fourth-order valence-corrected chi connectivity index (χ4v) is 4.33. The summed E-state index contributed by atoms with van der Waals surface area (Å²) in [7, 11) is 0. The van der Waals surface area contributed by atoms with Crippen LogP contribution in [0.2, 0.25) is 0 Å². The van der Waals surface area contributed by atoms with Gasteiger partial charge in [0.1, 0.15) is 5.82 Å². The van der Waals surface area contributed by atoms with Crippen LogP contribution in [0.5, 0.6) is 0 Å². The van der Waals surface area contributed by atoms with Crippen molar-refractivity contribution in [1.29, 1.82) is 0 Å². The van der Waals surface area contributed by atoms with Crippen molar-refractivity contribution >= 4 is 5.78 Å². The highest BCUT2D eigenvalue weighted by molar-refractivity contribution is 5.97. The van der Waals surface area contributed by atoms with Crippen molar-refractivity contribution in [1.82, 2.24) is 15.1 Å². The van der Waals surface area contributed by atoms with Crippen LogP contribution < -0.4 is 5.32 Å². The summed E-state index contributed by atoms with van der Waals surface area (Å²) in [5, 5.41) is 8.06. The molecule has 2 aliphatic rings. The number of ketones is 1. The van der Waals surface area contributed by atoms with Crippen molar-refractivity contribution < 1.29 is 13.9 Å². The predicted octanol–water partition coefficient (Wildman–Crippen LogP) is 4.06. The van der Waals surface area contributed by atoms with Gasteiger partial charge in [-0.3, -0.25) is 4.79 Å². The Morgan fingerprint density at radius 1 is 1.16 bits per heavy atom. The number of ether oxygens (including phenoxy) is 1. The molecule has 2 aromatic carbocycles. The molecule has 5 nitrogen and oxygen atoms in total. The van der Waals surface area contributed by atoms with Crippen molar-refractivity contribution in [2.45, 2.75) is 43.7 Å². The van der Waals surface area contributed by atoms with Gasteiger partial charge < -0.3 is 10.1 Å². The van der Waals surface area contributed by atoms with Crippen molar-refractivity contribution in [3.8, 4) is 5.69 Å². The first kappa shape index (κ1) is 20.1. The molecule has 0 spiro atoms. The Hall–Kier alpha value is -2.83. The van der Waals surface area contributed by atoms with Crippen LogP contribution >= 0.6 is 0 Å².